The van der Waals surface area contributed by atoms with Gasteiger partial charge in [0, 0.05) is 49.4 Å². The number of para-hydroxylation sites is 2. The molecule has 10 aromatic carbocycles. The largest absolute Gasteiger partial charge is 0.456 e. The SMILES string of the molecule is c1ccc(-n2c3cc(-c4ccc(N(c5ccc(-c6ccc7oc8ccccc8c7c6)cc5)c5cccc6ccccc56)cc4)ccc3c3ccc4ccccc4c32)cc1. The number of rotatable bonds is 6. The van der Waals surface area contributed by atoms with Gasteiger partial charge in [-0.15, -0.1) is 0 Å². The van der Waals surface area contributed by atoms with Gasteiger partial charge >= 0.3 is 0 Å². The minimum Gasteiger partial charge on any atom is -0.456 e. The summed E-state index contributed by atoms with van der Waals surface area (Å²) in [6.45, 7) is 0. The molecule has 3 nitrogen and oxygen atoms in total. The lowest BCUT2D eigenvalue weighted by Gasteiger charge is -2.27. The average Bonchev–Trinajstić information content (AvgIpc) is 3.85. The number of furan rings is 1. The zero-order valence-electron chi connectivity index (χ0n) is 32.1. The summed E-state index contributed by atoms with van der Waals surface area (Å²) in [5.74, 6) is 0. The van der Waals surface area contributed by atoms with E-state index in [2.05, 4.69) is 216 Å². The summed E-state index contributed by atoms with van der Waals surface area (Å²) in [6.07, 6.45) is 0. The molecular weight excluding hydrogens is 717 g/mol. The molecule has 59 heavy (non-hydrogen) atoms. The standard InChI is InChI=1S/C56H36N2O/c1-2-14-43(15-3-1)58-53-36-42(26-32-48(53)50-33-25-40-12-5-7-17-47(40)56(50)58)38-23-30-45(31-24-38)57(52-19-10-13-39-11-4-6-16-46(39)52)44-28-21-37(22-29-44)41-27-34-55-51(35-41)49-18-8-9-20-54(49)59-55/h1-36H. The molecule has 0 amide bonds. The first-order valence-electron chi connectivity index (χ1n) is 20.2. The van der Waals surface area contributed by atoms with Crippen LogP contribution in [0.5, 0.6) is 0 Å². The van der Waals surface area contributed by atoms with Gasteiger partial charge in [0.05, 0.1) is 16.7 Å². The molecule has 0 saturated carbocycles. The van der Waals surface area contributed by atoms with E-state index in [1.54, 1.807) is 0 Å². The van der Waals surface area contributed by atoms with E-state index in [0.29, 0.717) is 0 Å². The third-order valence-corrected chi connectivity index (χ3v) is 12.0. The highest BCUT2D eigenvalue weighted by Crippen LogP contribution is 2.42. The smallest absolute Gasteiger partial charge is 0.135 e. The normalized spacial score (nSPS) is 11.7. The molecule has 276 valence electrons. The number of fused-ring (bicyclic) bond motifs is 9. The van der Waals surface area contributed by atoms with E-state index >= 15 is 0 Å². The van der Waals surface area contributed by atoms with Gasteiger partial charge in [0.1, 0.15) is 11.2 Å². The minimum atomic E-state index is 0.907. The van der Waals surface area contributed by atoms with Gasteiger partial charge in [-0.05, 0) is 99.8 Å². The van der Waals surface area contributed by atoms with Gasteiger partial charge in [0.2, 0.25) is 0 Å². The molecule has 0 spiro atoms. The first-order chi connectivity index (χ1) is 29.2. The molecule has 12 rings (SSSR count). The van der Waals surface area contributed by atoms with Gasteiger partial charge in [-0.2, -0.15) is 0 Å². The molecule has 0 saturated heterocycles. The van der Waals surface area contributed by atoms with E-state index in [-0.39, 0.29) is 0 Å². The first kappa shape index (κ1) is 33.3. The molecule has 0 aliphatic carbocycles. The Balaban J connectivity index is 0.966. The van der Waals surface area contributed by atoms with E-state index in [1.165, 1.54) is 54.5 Å². The second-order valence-electron chi connectivity index (χ2n) is 15.3. The van der Waals surface area contributed by atoms with Crippen molar-refractivity contribution >= 4 is 82.4 Å². The second-order valence-corrected chi connectivity index (χ2v) is 15.3. The maximum atomic E-state index is 6.12. The number of benzene rings is 10. The van der Waals surface area contributed by atoms with Gasteiger partial charge in [0.15, 0.2) is 0 Å². The van der Waals surface area contributed by atoms with Crippen molar-refractivity contribution in [3.63, 3.8) is 0 Å². The maximum Gasteiger partial charge on any atom is 0.135 e. The van der Waals surface area contributed by atoms with Crippen molar-refractivity contribution in [2.75, 3.05) is 4.90 Å². The van der Waals surface area contributed by atoms with Gasteiger partial charge < -0.3 is 13.9 Å². The summed E-state index contributed by atoms with van der Waals surface area (Å²) in [4.78, 5) is 2.38. The van der Waals surface area contributed by atoms with Crippen LogP contribution in [-0.4, -0.2) is 4.57 Å². The quantitative estimate of drug-likeness (QED) is 0.169. The van der Waals surface area contributed by atoms with Crippen LogP contribution in [0.1, 0.15) is 0 Å². The molecule has 12 aromatic rings. The zero-order valence-corrected chi connectivity index (χ0v) is 32.1. The van der Waals surface area contributed by atoms with E-state index < -0.39 is 0 Å². The topological polar surface area (TPSA) is 21.3 Å². The summed E-state index contributed by atoms with van der Waals surface area (Å²) in [5, 5.41) is 9.68. The second kappa shape index (κ2) is 13.4. The van der Waals surface area contributed by atoms with Crippen LogP contribution in [0.2, 0.25) is 0 Å². The van der Waals surface area contributed by atoms with Crippen molar-refractivity contribution in [2.24, 2.45) is 0 Å². The minimum absolute atomic E-state index is 0.907. The molecule has 3 heteroatoms. The van der Waals surface area contributed by atoms with Crippen LogP contribution >= 0.6 is 0 Å². The maximum absolute atomic E-state index is 6.12. The summed E-state index contributed by atoms with van der Waals surface area (Å²) in [7, 11) is 0. The summed E-state index contributed by atoms with van der Waals surface area (Å²) in [6, 6.07) is 78.8. The molecular formula is C56H36N2O. The Morgan fingerprint density at radius 3 is 1.66 bits per heavy atom. The van der Waals surface area contributed by atoms with Gasteiger partial charge in [0.25, 0.3) is 0 Å². The highest BCUT2D eigenvalue weighted by Gasteiger charge is 2.19. The number of hydrogen-bond acceptors (Lipinski definition) is 2. The number of hydrogen-bond donors (Lipinski definition) is 0. The fourth-order valence-corrected chi connectivity index (χ4v) is 9.15. The van der Waals surface area contributed by atoms with Gasteiger partial charge in [-0.25, -0.2) is 0 Å². The van der Waals surface area contributed by atoms with Crippen LogP contribution in [0.4, 0.5) is 17.1 Å². The van der Waals surface area contributed by atoms with Crippen LogP contribution in [0.25, 0.3) is 93.2 Å². The van der Waals surface area contributed by atoms with Crippen molar-refractivity contribution in [3.05, 3.63) is 218 Å². The molecule has 0 N–H and O–H groups in total. The molecule has 0 bridgehead atoms. The zero-order chi connectivity index (χ0) is 38.9. The number of nitrogens with zero attached hydrogens (tertiary/aromatic N) is 2. The van der Waals surface area contributed by atoms with Crippen molar-refractivity contribution in [1.29, 1.82) is 0 Å². The summed E-state index contributed by atoms with van der Waals surface area (Å²) in [5.41, 5.74) is 13.4. The molecule has 2 aromatic heterocycles. The van der Waals surface area contributed by atoms with Crippen molar-refractivity contribution in [3.8, 4) is 27.9 Å². The number of anilines is 3. The summed E-state index contributed by atoms with van der Waals surface area (Å²) < 4.78 is 8.56. The predicted molar refractivity (Wildman–Crippen MR) is 249 cm³/mol. The Kier molecular flexibility index (Phi) is 7.54. The van der Waals surface area contributed by atoms with E-state index in [9.17, 15) is 0 Å². The predicted octanol–water partition coefficient (Wildman–Crippen LogP) is 15.8. The lowest BCUT2D eigenvalue weighted by atomic mass is 10.0. The third-order valence-electron chi connectivity index (χ3n) is 12.0. The Hall–Kier alpha value is -7.88. The Morgan fingerprint density at radius 2 is 0.898 bits per heavy atom. The fraction of sp³-hybridized carbons (Fsp3) is 0. The lowest BCUT2D eigenvalue weighted by Crippen LogP contribution is -2.10. The van der Waals surface area contributed by atoms with Crippen molar-refractivity contribution in [2.45, 2.75) is 0 Å². The monoisotopic (exact) mass is 752 g/mol. The molecule has 0 aliphatic rings. The summed E-state index contributed by atoms with van der Waals surface area (Å²) >= 11 is 0. The molecule has 0 atom stereocenters. The average molecular weight is 753 g/mol. The molecule has 0 unspecified atom stereocenters. The molecule has 2 heterocycles. The molecule has 0 aliphatic heterocycles. The Labute approximate surface area is 341 Å². The molecule has 0 radical (unpaired) electrons. The van der Waals surface area contributed by atoms with Gasteiger partial charge in [-0.1, -0.05) is 152 Å². The Bertz CT molecular complexity index is 3540. The lowest BCUT2D eigenvalue weighted by molar-refractivity contribution is 0.669. The van der Waals surface area contributed by atoms with Crippen LogP contribution in [0, 0.1) is 0 Å². The fourth-order valence-electron chi connectivity index (χ4n) is 9.15. The van der Waals surface area contributed by atoms with Crippen LogP contribution in [0.3, 0.4) is 0 Å². The van der Waals surface area contributed by atoms with Crippen molar-refractivity contribution in [1.82, 2.24) is 4.57 Å². The third kappa shape index (κ3) is 5.44. The van der Waals surface area contributed by atoms with Crippen LogP contribution in [-0.2, 0) is 0 Å². The highest BCUT2D eigenvalue weighted by atomic mass is 16.3. The van der Waals surface area contributed by atoms with E-state index in [4.69, 9.17) is 4.42 Å². The van der Waals surface area contributed by atoms with Crippen LogP contribution < -0.4 is 4.90 Å². The highest BCUT2D eigenvalue weighted by molar-refractivity contribution is 6.19. The number of aromatic nitrogens is 1. The first-order valence-corrected chi connectivity index (χ1v) is 20.2. The van der Waals surface area contributed by atoms with E-state index in [0.717, 1.165) is 55.8 Å². The van der Waals surface area contributed by atoms with E-state index in [1.807, 2.05) is 12.1 Å². The van der Waals surface area contributed by atoms with Gasteiger partial charge in [-0.3, -0.25) is 0 Å². The Morgan fingerprint density at radius 1 is 0.339 bits per heavy atom. The van der Waals surface area contributed by atoms with Crippen LogP contribution in [0.15, 0.2) is 223 Å². The molecule has 0 fully saturated rings. The van der Waals surface area contributed by atoms with Crippen molar-refractivity contribution < 1.29 is 4.42 Å².